The Morgan fingerprint density at radius 1 is 0.350 bits per heavy atom. The summed E-state index contributed by atoms with van der Waals surface area (Å²) in [6.07, 6.45) is 0.975. The first-order valence-corrected chi connectivity index (χ1v) is 13.9. The number of fused-ring (bicyclic) bond motifs is 16. The molecule has 9 rings (SSSR count). The summed E-state index contributed by atoms with van der Waals surface area (Å²) in [5, 5.41) is 0. The van der Waals surface area contributed by atoms with E-state index in [9.17, 15) is 4.79 Å². The Bertz CT molecular complexity index is 1950. The largest absolute Gasteiger partial charge is 0.298 e. The molecule has 2 spiro atoms. The minimum atomic E-state index is -0.532. The van der Waals surface area contributed by atoms with Gasteiger partial charge in [-0.2, -0.15) is 0 Å². The molecule has 40 heavy (non-hydrogen) atoms. The molecule has 3 aliphatic rings. The van der Waals surface area contributed by atoms with Gasteiger partial charge in [-0.25, -0.2) is 0 Å². The zero-order valence-corrected chi connectivity index (χ0v) is 21.8. The van der Waals surface area contributed by atoms with Crippen molar-refractivity contribution in [1.29, 1.82) is 0 Å². The van der Waals surface area contributed by atoms with Crippen LogP contribution >= 0.6 is 0 Å². The highest BCUT2D eigenvalue weighted by Gasteiger charge is 2.58. The standard InChI is InChI=1S/C39H24O/c40-24-25-21-22-29-28-13-3-6-16-32(28)39(37(29)23-25)35-19-9-7-17-33(35)38(34-18-8-10-20-36(34)39)30-14-4-1-11-26(30)27-12-2-5-15-31(27)38/h1-24H. The van der Waals surface area contributed by atoms with Crippen LogP contribution in [-0.2, 0) is 10.8 Å². The van der Waals surface area contributed by atoms with Gasteiger partial charge in [0.1, 0.15) is 6.29 Å². The van der Waals surface area contributed by atoms with Crippen molar-refractivity contribution >= 4 is 6.29 Å². The molecule has 0 saturated carbocycles. The maximum atomic E-state index is 12.1. The van der Waals surface area contributed by atoms with Crippen LogP contribution < -0.4 is 0 Å². The number of rotatable bonds is 1. The van der Waals surface area contributed by atoms with Crippen LogP contribution in [0, 0.1) is 0 Å². The lowest BCUT2D eigenvalue weighted by molar-refractivity contribution is 0.112. The second-order valence-corrected chi connectivity index (χ2v) is 11.2. The molecule has 0 amide bonds. The lowest BCUT2D eigenvalue weighted by atomic mass is 9.52. The van der Waals surface area contributed by atoms with E-state index in [1.807, 2.05) is 6.07 Å². The highest BCUT2D eigenvalue weighted by molar-refractivity contribution is 5.94. The molecule has 0 radical (unpaired) electrons. The van der Waals surface area contributed by atoms with E-state index in [1.54, 1.807) is 0 Å². The van der Waals surface area contributed by atoms with Crippen molar-refractivity contribution in [1.82, 2.24) is 0 Å². The third-order valence-corrected chi connectivity index (χ3v) is 9.63. The normalized spacial score (nSPS) is 15.5. The minimum Gasteiger partial charge on any atom is -0.298 e. The van der Waals surface area contributed by atoms with Crippen LogP contribution in [0.5, 0.6) is 0 Å². The fourth-order valence-corrected chi connectivity index (χ4v) is 8.33. The Kier molecular flexibility index (Phi) is 4.13. The zero-order chi connectivity index (χ0) is 26.5. The Morgan fingerprint density at radius 2 is 0.675 bits per heavy atom. The minimum absolute atomic E-state index is 0.439. The average molecular weight is 509 g/mol. The molecule has 0 aromatic heterocycles. The van der Waals surface area contributed by atoms with Crippen molar-refractivity contribution in [3.8, 4) is 22.3 Å². The highest BCUT2D eigenvalue weighted by Crippen LogP contribution is 2.67. The van der Waals surface area contributed by atoms with Gasteiger partial charge in [-0.1, -0.05) is 133 Å². The second-order valence-electron chi connectivity index (χ2n) is 11.2. The Labute approximate surface area is 233 Å². The summed E-state index contributed by atoms with van der Waals surface area (Å²) in [7, 11) is 0. The van der Waals surface area contributed by atoms with Crippen molar-refractivity contribution in [3.63, 3.8) is 0 Å². The third-order valence-electron chi connectivity index (χ3n) is 9.63. The summed E-state index contributed by atoms with van der Waals surface area (Å²) in [6.45, 7) is 0. The van der Waals surface area contributed by atoms with Gasteiger partial charge in [-0.15, -0.1) is 0 Å². The van der Waals surface area contributed by atoms with Crippen LogP contribution in [0.4, 0.5) is 0 Å². The molecule has 3 aliphatic carbocycles. The van der Waals surface area contributed by atoms with Gasteiger partial charge in [0, 0.05) is 5.56 Å². The molecule has 1 heteroatoms. The molecule has 0 unspecified atom stereocenters. The van der Waals surface area contributed by atoms with Crippen LogP contribution in [0.1, 0.15) is 54.9 Å². The molecule has 0 saturated heterocycles. The van der Waals surface area contributed by atoms with Gasteiger partial charge in [0.2, 0.25) is 0 Å². The molecule has 6 aromatic rings. The molecule has 186 valence electrons. The number of hydrogen-bond donors (Lipinski definition) is 0. The molecule has 0 N–H and O–H groups in total. The number of aldehydes is 1. The van der Waals surface area contributed by atoms with E-state index in [1.165, 1.54) is 66.8 Å². The molecular formula is C39H24O. The van der Waals surface area contributed by atoms with Gasteiger partial charge in [0.15, 0.2) is 0 Å². The number of carbonyl (C=O) groups is 1. The fourth-order valence-electron chi connectivity index (χ4n) is 8.33. The SMILES string of the molecule is O=Cc1ccc2c(c1)C1(c3ccccc3-2)c2ccccc2C2(c3ccccc3-c3ccccc32)c2ccccc21. The molecule has 6 aromatic carbocycles. The summed E-state index contributed by atoms with van der Waals surface area (Å²) in [6, 6.07) is 51.0. The maximum absolute atomic E-state index is 12.1. The first-order valence-electron chi connectivity index (χ1n) is 13.9. The van der Waals surface area contributed by atoms with Gasteiger partial charge in [-0.3, -0.25) is 4.79 Å². The second kappa shape index (κ2) is 7.55. The third kappa shape index (κ3) is 2.31. The molecule has 1 nitrogen and oxygen atoms in total. The summed E-state index contributed by atoms with van der Waals surface area (Å²) in [4.78, 5) is 12.1. The fraction of sp³-hybridized carbons (Fsp3) is 0.0513. The smallest absolute Gasteiger partial charge is 0.150 e. The first-order chi connectivity index (χ1) is 19.8. The summed E-state index contributed by atoms with van der Waals surface area (Å²) in [5.74, 6) is 0. The summed E-state index contributed by atoms with van der Waals surface area (Å²) in [5.41, 5.74) is 15.1. The van der Waals surface area contributed by atoms with Crippen LogP contribution in [-0.4, -0.2) is 6.29 Å². The van der Waals surface area contributed by atoms with Gasteiger partial charge < -0.3 is 0 Å². The van der Waals surface area contributed by atoms with Crippen molar-refractivity contribution in [2.45, 2.75) is 10.8 Å². The maximum Gasteiger partial charge on any atom is 0.150 e. The summed E-state index contributed by atoms with van der Waals surface area (Å²) >= 11 is 0. The number of carbonyl (C=O) groups excluding carboxylic acids is 1. The predicted octanol–water partition coefficient (Wildman–Crippen LogP) is 8.54. The van der Waals surface area contributed by atoms with E-state index < -0.39 is 10.8 Å². The van der Waals surface area contributed by atoms with Crippen molar-refractivity contribution in [2.24, 2.45) is 0 Å². The molecule has 0 atom stereocenters. The predicted molar refractivity (Wildman–Crippen MR) is 160 cm³/mol. The quantitative estimate of drug-likeness (QED) is 0.203. The van der Waals surface area contributed by atoms with Gasteiger partial charge in [0.25, 0.3) is 0 Å². The average Bonchev–Trinajstić information content (AvgIpc) is 3.49. The van der Waals surface area contributed by atoms with Crippen LogP contribution in [0.15, 0.2) is 140 Å². The van der Waals surface area contributed by atoms with E-state index in [0.717, 1.165) is 6.29 Å². The summed E-state index contributed by atoms with van der Waals surface area (Å²) < 4.78 is 0. The lowest BCUT2D eigenvalue weighted by Gasteiger charge is -2.48. The van der Waals surface area contributed by atoms with Crippen LogP contribution in [0.25, 0.3) is 22.3 Å². The van der Waals surface area contributed by atoms with E-state index >= 15 is 0 Å². The van der Waals surface area contributed by atoms with E-state index in [2.05, 4.69) is 133 Å². The van der Waals surface area contributed by atoms with Crippen molar-refractivity contribution < 1.29 is 4.79 Å². The van der Waals surface area contributed by atoms with Crippen molar-refractivity contribution in [3.05, 3.63) is 190 Å². The van der Waals surface area contributed by atoms with Crippen molar-refractivity contribution in [2.75, 3.05) is 0 Å². The highest BCUT2D eigenvalue weighted by atomic mass is 16.1. The molecular weight excluding hydrogens is 484 g/mol. The topological polar surface area (TPSA) is 17.1 Å². The van der Waals surface area contributed by atoms with Crippen LogP contribution in [0.3, 0.4) is 0 Å². The van der Waals surface area contributed by atoms with E-state index in [4.69, 9.17) is 0 Å². The van der Waals surface area contributed by atoms with E-state index in [0.29, 0.717) is 5.56 Å². The molecule has 0 heterocycles. The lowest BCUT2D eigenvalue weighted by Crippen LogP contribution is -2.43. The number of benzene rings is 6. The monoisotopic (exact) mass is 508 g/mol. The molecule has 0 aliphatic heterocycles. The van der Waals surface area contributed by atoms with Gasteiger partial charge in [-0.05, 0) is 72.8 Å². The first kappa shape index (κ1) is 21.9. The van der Waals surface area contributed by atoms with Gasteiger partial charge >= 0.3 is 0 Å². The Morgan fingerprint density at radius 3 is 1.07 bits per heavy atom. The van der Waals surface area contributed by atoms with Gasteiger partial charge in [0.05, 0.1) is 10.8 Å². The van der Waals surface area contributed by atoms with Crippen LogP contribution in [0.2, 0.25) is 0 Å². The molecule has 0 fully saturated rings. The van der Waals surface area contributed by atoms with E-state index in [-0.39, 0.29) is 0 Å². The molecule has 0 bridgehead atoms. The Hall–Kier alpha value is -5.01. The Balaban J connectivity index is 1.53. The number of hydrogen-bond acceptors (Lipinski definition) is 1. The zero-order valence-electron chi connectivity index (χ0n) is 21.8.